The SMILES string of the molecule is CCc1ccccc1/C(=N\N(CC)CC(C)c1cccc(C)c1)C1CCCCC1. The molecule has 156 valence electrons. The Bertz CT molecular complexity index is 802. The Kier molecular flexibility index (Phi) is 7.91. The van der Waals surface area contributed by atoms with E-state index in [1.807, 2.05) is 0 Å². The highest BCUT2D eigenvalue weighted by Gasteiger charge is 2.23. The summed E-state index contributed by atoms with van der Waals surface area (Å²) in [5.41, 5.74) is 6.89. The van der Waals surface area contributed by atoms with E-state index in [2.05, 4.69) is 81.2 Å². The first-order valence-corrected chi connectivity index (χ1v) is 11.6. The van der Waals surface area contributed by atoms with Crippen molar-refractivity contribution in [3.8, 4) is 0 Å². The van der Waals surface area contributed by atoms with Gasteiger partial charge in [0, 0.05) is 30.5 Å². The molecule has 0 bridgehead atoms. The van der Waals surface area contributed by atoms with Crippen molar-refractivity contribution in [1.82, 2.24) is 5.01 Å². The van der Waals surface area contributed by atoms with Gasteiger partial charge in [0.2, 0.25) is 0 Å². The van der Waals surface area contributed by atoms with Crippen LogP contribution in [-0.2, 0) is 6.42 Å². The fourth-order valence-electron chi connectivity index (χ4n) is 4.60. The van der Waals surface area contributed by atoms with E-state index in [1.165, 1.54) is 60.1 Å². The molecule has 2 aromatic rings. The van der Waals surface area contributed by atoms with Crippen molar-refractivity contribution in [1.29, 1.82) is 0 Å². The van der Waals surface area contributed by atoms with Gasteiger partial charge in [-0.2, -0.15) is 5.10 Å². The summed E-state index contributed by atoms with van der Waals surface area (Å²) < 4.78 is 0. The Labute approximate surface area is 178 Å². The molecule has 1 saturated carbocycles. The van der Waals surface area contributed by atoms with Gasteiger partial charge in [-0.15, -0.1) is 0 Å². The Hall–Kier alpha value is -2.09. The third-order valence-electron chi connectivity index (χ3n) is 6.38. The van der Waals surface area contributed by atoms with Crippen molar-refractivity contribution in [2.24, 2.45) is 11.0 Å². The summed E-state index contributed by atoms with van der Waals surface area (Å²) >= 11 is 0. The van der Waals surface area contributed by atoms with E-state index in [9.17, 15) is 0 Å². The van der Waals surface area contributed by atoms with E-state index < -0.39 is 0 Å². The second-order valence-electron chi connectivity index (χ2n) is 8.65. The number of aryl methyl sites for hydroxylation is 2. The second-order valence-corrected chi connectivity index (χ2v) is 8.65. The molecular weight excluding hydrogens is 352 g/mol. The number of benzene rings is 2. The lowest BCUT2D eigenvalue weighted by atomic mass is 9.82. The first-order chi connectivity index (χ1) is 14.1. The van der Waals surface area contributed by atoms with Crippen molar-refractivity contribution in [3.05, 3.63) is 70.8 Å². The molecule has 0 spiro atoms. The van der Waals surface area contributed by atoms with E-state index >= 15 is 0 Å². The van der Waals surface area contributed by atoms with Gasteiger partial charge in [-0.05, 0) is 44.2 Å². The van der Waals surface area contributed by atoms with Crippen LogP contribution in [0.25, 0.3) is 0 Å². The fourth-order valence-corrected chi connectivity index (χ4v) is 4.60. The molecule has 2 aromatic carbocycles. The summed E-state index contributed by atoms with van der Waals surface area (Å²) in [6, 6.07) is 17.8. The van der Waals surface area contributed by atoms with Gasteiger partial charge >= 0.3 is 0 Å². The Balaban J connectivity index is 1.89. The van der Waals surface area contributed by atoms with Crippen LogP contribution in [0.2, 0.25) is 0 Å². The largest absolute Gasteiger partial charge is 0.296 e. The molecule has 3 rings (SSSR count). The maximum absolute atomic E-state index is 5.33. The number of likely N-dealkylation sites (N-methyl/N-ethyl adjacent to an activating group) is 1. The lowest BCUT2D eigenvalue weighted by molar-refractivity contribution is 0.284. The van der Waals surface area contributed by atoms with Crippen LogP contribution in [0, 0.1) is 12.8 Å². The van der Waals surface area contributed by atoms with Gasteiger partial charge in [0.15, 0.2) is 0 Å². The smallest absolute Gasteiger partial charge is 0.0711 e. The van der Waals surface area contributed by atoms with Crippen LogP contribution in [-0.4, -0.2) is 23.8 Å². The van der Waals surface area contributed by atoms with Crippen LogP contribution in [0.15, 0.2) is 53.6 Å². The summed E-state index contributed by atoms with van der Waals surface area (Å²) in [6.07, 6.45) is 7.67. The zero-order chi connectivity index (χ0) is 20.6. The summed E-state index contributed by atoms with van der Waals surface area (Å²) in [4.78, 5) is 0. The van der Waals surface area contributed by atoms with Gasteiger partial charge in [0.1, 0.15) is 0 Å². The van der Waals surface area contributed by atoms with Crippen molar-refractivity contribution in [2.45, 2.75) is 72.1 Å². The second kappa shape index (κ2) is 10.6. The van der Waals surface area contributed by atoms with Crippen LogP contribution in [0.1, 0.15) is 81.0 Å². The maximum Gasteiger partial charge on any atom is 0.0711 e. The van der Waals surface area contributed by atoms with Crippen LogP contribution >= 0.6 is 0 Å². The predicted octanol–water partition coefficient (Wildman–Crippen LogP) is 6.97. The molecule has 0 amide bonds. The summed E-state index contributed by atoms with van der Waals surface area (Å²) in [7, 11) is 0. The van der Waals surface area contributed by atoms with Gasteiger partial charge in [-0.1, -0.05) is 87.2 Å². The van der Waals surface area contributed by atoms with Crippen molar-refractivity contribution >= 4 is 5.71 Å². The summed E-state index contributed by atoms with van der Waals surface area (Å²) in [5.74, 6) is 1.06. The maximum atomic E-state index is 5.33. The zero-order valence-corrected chi connectivity index (χ0v) is 18.8. The van der Waals surface area contributed by atoms with Gasteiger partial charge < -0.3 is 0 Å². The average molecular weight is 391 g/mol. The highest BCUT2D eigenvalue weighted by molar-refractivity contribution is 6.03. The van der Waals surface area contributed by atoms with E-state index in [0.29, 0.717) is 11.8 Å². The minimum absolute atomic E-state index is 0.465. The molecule has 1 atom stereocenters. The summed E-state index contributed by atoms with van der Waals surface area (Å²) in [5, 5.41) is 7.64. The highest BCUT2D eigenvalue weighted by Crippen LogP contribution is 2.29. The third kappa shape index (κ3) is 5.72. The molecule has 1 fully saturated rings. The molecule has 2 nitrogen and oxygen atoms in total. The van der Waals surface area contributed by atoms with Gasteiger partial charge in [-0.3, -0.25) is 5.01 Å². The lowest BCUT2D eigenvalue weighted by Gasteiger charge is -2.29. The number of hydrogen-bond donors (Lipinski definition) is 0. The van der Waals surface area contributed by atoms with Crippen LogP contribution < -0.4 is 0 Å². The number of hydrazone groups is 1. The number of hydrogen-bond acceptors (Lipinski definition) is 2. The van der Waals surface area contributed by atoms with E-state index in [1.54, 1.807) is 0 Å². The molecule has 0 aliphatic heterocycles. The van der Waals surface area contributed by atoms with Crippen LogP contribution in [0.3, 0.4) is 0 Å². The van der Waals surface area contributed by atoms with Crippen molar-refractivity contribution in [2.75, 3.05) is 13.1 Å². The first-order valence-electron chi connectivity index (χ1n) is 11.6. The Morgan fingerprint density at radius 2 is 1.79 bits per heavy atom. The van der Waals surface area contributed by atoms with Crippen molar-refractivity contribution < 1.29 is 0 Å². The first kappa shape index (κ1) is 21.6. The molecule has 1 aliphatic rings. The average Bonchev–Trinajstić information content (AvgIpc) is 2.77. The monoisotopic (exact) mass is 390 g/mol. The van der Waals surface area contributed by atoms with Gasteiger partial charge in [-0.25, -0.2) is 0 Å². The standard InChI is InChI=1S/C27H38N2/c1-5-23-14-10-11-18-26(23)27(24-15-8-7-9-16-24)28-29(6-2)20-22(4)25-17-12-13-21(3)19-25/h10-14,17-19,22,24H,5-9,15-16,20H2,1-4H3/b28-27-. The molecule has 0 N–H and O–H groups in total. The minimum atomic E-state index is 0.465. The molecule has 0 radical (unpaired) electrons. The highest BCUT2D eigenvalue weighted by atomic mass is 15.4. The molecular formula is C27H38N2. The lowest BCUT2D eigenvalue weighted by Crippen LogP contribution is -2.28. The third-order valence-corrected chi connectivity index (χ3v) is 6.38. The number of rotatable bonds is 8. The van der Waals surface area contributed by atoms with E-state index in [-0.39, 0.29) is 0 Å². The van der Waals surface area contributed by atoms with Crippen molar-refractivity contribution in [3.63, 3.8) is 0 Å². The van der Waals surface area contributed by atoms with Crippen LogP contribution in [0.4, 0.5) is 0 Å². The molecule has 0 heterocycles. The molecule has 2 heteroatoms. The minimum Gasteiger partial charge on any atom is -0.296 e. The molecule has 1 aliphatic carbocycles. The number of nitrogens with zero attached hydrogens (tertiary/aromatic N) is 2. The molecule has 29 heavy (non-hydrogen) atoms. The van der Waals surface area contributed by atoms with Crippen LogP contribution in [0.5, 0.6) is 0 Å². The zero-order valence-electron chi connectivity index (χ0n) is 18.8. The summed E-state index contributed by atoms with van der Waals surface area (Å²) in [6.45, 7) is 10.9. The van der Waals surface area contributed by atoms with Gasteiger partial charge in [0.25, 0.3) is 0 Å². The molecule has 0 saturated heterocycles. The van der Waals surface area contributed by atoms with Gasteiger partial charge in [0.05, 0.1) is 5.71 Å². The predicted molar refractivity (Wildman–Crippen MR) is 126 cm³/mol. The normalized spacial score (nSPS) is 16.6. The van der Waals surface area contributed by atoms with E-state index in [4.69, 9.17) is 5.10 Å². The quantitative estimate of drug-likeness (QED) is 0.351. The molecule has 1 unspecified atom stereocenters. The Morgan fingerprint density at radius 3 is 2.48 bits per heavy atom. The molecule has 0 aromatic heterocycles. The Morgan fingerprint density at radius 1 is 1.03 bits per heavy atom. The van der Waals surface area contributed by atoms with E-state index in [0.717, 1.165) is 19.5 Å². The fraction of sp³-hybridized carbons (Fsp3) is 0.519. The topological polar surface area (TPSA) is 15.6 Å².